The highest BCUT2D eigenvalue weighted by atomic mass is 32.2. The van der Waals surface area contributed by atoms with E-state index >= 15 is 0 Å². The van der Waals surface area contributed by atoms with E-state index in [2.05, 4.69) is 71.8 Å². The number of nitrogens with one attached hydrogen (secondary N) is 1. The summed E-state index contributed by atoms with van der Waals surface area (Å²) in [6.45, 7) is 2.36. The second kappa shape index (κ2) is 5.50. The average Bonchev–Trinajstić information content (AvgIpc) is 2.95. The number of hydrogen-bond acceptors (Lipinski definition) is 3. The molecule has 2 heterocycles. The number of anilines is 2. The molecule has 2 nitrogen and oxygen atoms in total. The van der Waals surface area contributed by atoms with Crippen LogP contribution in [0.25, 0.3) is 6.08 Å². The normalized spacial score (nSPS) is 22.8. The Bertz CT molecular complexity index is 980. The molecule has 1 N–H and O–H groups in total. The van der Waals surface area contributed by atoms with Gasteiger partial charge in [-0.25, -0.2) is 4.98 Å². The third kappa shape index (κ3) is 2.30. The molecule has 0 saturated heterocycles. The van der Waals surface area contributed by atoms with Crippen LogP contribution in [0.15, 0.2) is 77.8 Å². The largest absolute Gasteiger partial charge is 0.340 e. The minimum absolute atomic E-state index is 0.0535. The molecule has 1 aromatic heterocycles. The molecule has 2 aliphatic rings. The molecule has 2 unspecified atom stereocenters. The minimum atomic E-state index is 0.0535. The molecule has 0 radical (unpaired) electrons. The molecular weight excluding hydrogens is 324 g/mol. The zero-order valence-corrected chi connectivity index (χ0v) is 14.8. The third-order valence-electron chi connectivity index (χ3n) is 5.18. The first-order valence-electron chi connectivity index (χ1n) is 8.51. The lowest BCUT2D eigenvalue weighted by atomic mass is 9.73. The van der Waals surface area contributed by atoms with Gasteiger partial charge >= 0.3 is 0 Å². The van der Waals surface area contributed by atoms with Crippen LogP contribution in [0.2, 0.25) is 0 Å². The molecule has 1 aliphatic carbocycles. The quantitative estimate of drug-likeness (QED) is 0.622. The van der Waals surface area contributed by atoms with E-state index in [0.29, 0.717) is 5.25 Å². The zero-order chi connectivity index (χ0) is 16.9. The van der Waals surface area contributed by atoms with E-state index in [0.717, 1.165) is 11.5 Å². The highest BCUT2D eigenvalue weighted by Crippen LogP contribution is 2.61. The van der Waals surface area contributed by atoms with Crippen LogP contribution in [0, 0.1) is 0 Å². The Balaban J connectivity index is 1.54. The molecule has 3 aromatic rings. The minimum Gasteiger partial charge on any atom is -0.340 e. The van der Waals surface area contributed by atoms with E-state index in [4.69, 9.17) is 0 Å². The fourth-order valence-electron chi connectivity index (χ4n) is 3.85. The van der Waals surface area contributed by atoms with Crippen molar-refractivity contribution >= 4 is 29.3 Å². The average molecular weight is 342 g/mol. The van der Waals surface area contributed by atoms with Crippen LogP contribution < -0.4 is 5.32 Å². The van der Waals surface area contributed by atoms with E-state index in [1.54, 1.807) is 0 Å². The van der Waals surface area contributed by atoms with Gasteiger partial charge in [-0.3, -0.25) is 0 Å². The summed E-state index contributed by atoms with van der Waals surface area (Å²) in [4.78, 5) is 5.71. The summed E-state index contributed by atoms with van der Waals surface area (Å²) in [6, 6.07) is 21.4. The molecule has 122 valence electrons. The van der Waals surface area contributed by atoms with E-state index < -0.39 is 0 Å². The smallest absolute Gasteiger partial charge is 0.130 e. The molecule has 1 aliphatic heterocycles. The van der Waals surface area contributed by atoms with Gasteiger partial charge in [-0.05, 0) is 41.0 Å². The van der Waals surface area contributed by atoms with Gasteiger partial charge in [-0.1, -0.05) is 55.5 Å². The summed E-state index contributed by atoms with van der Waals surface area (Å²) in [5.74, 6) is 0.874. The van der Waals surface area contributed by atoms with Crippen molar-refractivity contribution in [2.24, 2.45) is 0 Å². The summed E-state index contributed by atoms with van der Waals surface area (Å²) < 4.78 is 0. The molecule has 0 fully saturated rings. The fourth-order valence-corrected chi connectivity index (χ4v) is 5.50. The number of fused-ring (bicyclic) bond motifs is 5. The van der Waals surface area contributed by atoms with Crippen LogP contribution in [-0.4, -0.2) is 4.98 Å². The Hall–Kier alpha value is -2.52. The molecule has 0 amide bonds. The third-order valence-corrected chi connectivity index (χ3v) is 6.75. The Morgan fingerprint density at radius 1 is 1.04 bits per heavy atom. The summed E-state index contributed by atoms with van der Waals surface area (Å²) >= 11 is 1.97. The maximum Gasteiger partial charge on any atom is 0.130 e. The number of benzene rings is 2. The fraction of sp³-hybridized carbons (Fsp3) is 0.136. The molecule has 2 aromatic carbocycles. The van der Waals surface area contributed by atoms with Crippen LogP contribution in [0.3, 0.4) is 0 Å². The van der Waals surface area contributed by atoms with Crippen molar-refractivity contribution in [3.8, 4) is 0 Å². The predicted molar refractivity (Wildman–Crippen MR) is 105 cm³/mol. The van der Waals surface area contributed by atoms with E-state index in [1.807, 2.05) is 36.2 Å². The van der Waals surface area contributed by atoms with Gasteiger partial charge in [0.25, 0.3) is 0 Å². The van der Waals surface area contributed by atoms with Gasteiger partial charge in [-0.15, -0.1) is 11.8 Å². The predicted octanol–water partition coefficient (Wildman–Crippen LogP) is 5.96. The van der Waals surface area contributed by atoms with Gasteiger partial charge in [0.05, 0.1) is 0 Å². The Kier molecular flexibility index (Phi) is 3.25. The highest BCUT2D eigenvalue weighted by molar-refractivity contribution is 8.00. The molecule has 5 rings (SSSR count). The van der Waals surface area contributed by atoms with Crippen molar-refractivity contribution < 1.29 is 0 Å². The Morgan fingerprint density at radius 2 is 1.92 bits per heavy atom. The van der Waals surface area contributed by atoms with Crippen molar-refractivity contribution in [2.45, 2.75) is 22.5 Å². The first-order chi connectivity index (χ1) is 12.2. The highest BCUT2D eigenvalue weighted by Gasteiger charge is 2.45. The molecular formula is C22H18N2S. The lowest BCUT2D eigenvalue weighted by molar-refractivity contribution is 0.582. The number of nitrogens with zero attached hydrogens (tertiary/aromatic N) is 1. The molecule has 0 saturated carbocycles. The lowest BCUT2D eigenvalue weighted by Gasteiger charge is -2.33. The molecule has 3 heteroatoms. The summed E-state index contributed by atoms with van der Waals surface area (Å²) in [6.07, 6.45) is 6.47. The van der Waals surface area contributed by atoms with Crippen molar-refractivity contribution in [1.82, 2.24) is 4.98 Å². The summed E-state index contributed by atoms with van der Waals surface area (Å²) in [5, 5.41) is 3.84. The maximum absolute atomic E-state index is 4.35. The van der Waals surface area contributed by atoms with Gasteiger partial charge in [0.1, 0.15) is 5.82 Å². The van der Waals surface area contributed by atoms with Gasteiger partial charge in [0.15, 0.2) is 0 Å². The van der Waals surface area contributed by atoms with Gasteiger partial charge in [0.2, 0.25) is 0 Å². The number of aromatic nitrogens is 1. The van der Waals surface area contributed by atoms with Crippen LogP contribution in [0.1, 0.15) is 28.9 Å². The molecule has 0 spiro atoms. The monoisotopic (exact) mass is 342 g/mol. The van der Waals surface area contributed by atoms with Crippen molar-refractivity contribution in [3.63, 3.8) is 0 Å². The van der Waals surface area contributed by atoms with Crippen molar-refractivity contribution in [2.75, 3.05) is 5.32 Å². The second-order valence-electron chi connectivity index (χ2n) is 6.79. The van der Waals surface area contributed by atoms with Crippen LogP contribution in [0.4, 0.5) is 11.5 Å². The SMILES string of the molecule is CC12C=Cc3ccccc3C1Sc1cc(Nc3ccccn3)ccc12. The topological polar surface area (TPSA) is 24.9 Å². The van der Waals surface area contributed by atoms with Crippen molar-refractivity contribution in [1.29, 1.82) is 0 Å². The lowest BCUT2D eigenvalue weighted by Crippen LogP contribution is -2.25. The molecule has 0 bridgehead atoms. The van der Waals surface area contributed by atoms with Crippen LogP contribution >= 0.6 is 11.8 Å². The summed E-state index contributed by atoms with van der Waals surface area (Å²) in [7, 11) is 0. The molecule has 2 atom stereocenters. The standard InChI is InChI=1S/C22H18N2S/c1-22-12-11-15-6-2-3-7-17(15)21(22)25-19-14-16(9-10-18(19)22)24-20-8-4-5-13-23-20/h2-14,21H,1H3,(H,23,24). The number of hydrogen-bond donors (Lipinski definition) is 1. The van der Waals surface area contributed by atoms with Crippen LogP contribution in [0.5, 0.6) is 0 Å². The number of allylic oxidation sites excluding steroid dienone is 1. The number of pyridine rings is 1. The second-order valence-corrected chi connectivity index (χ2v) is 7.94. The number of thioether (sulfide) groups is 1. The molecule has 25 heavy (non-hydrogen) atoms. The Morgan fingerprint density at radius 3 is 2.80 bits per heavy atom. The zero-order valence-electron chi connectivity index (χ0n) is 13.9. The first-order valence-corrected chi connectivity index (χ1v) is 9.39. The Labute approximate surface area is 152 Å². The van der Waals surface area contributed by atoms with Gasteiger partial charge in [-0.2, -0.15) is 0 Å². The van der Waals surface area contributed by atoms with Gasteiger partial charge < -0.3 is 5.32 Å². The maximum atomic E-state index is 4.35. The van der Waals surface area contributed by atoms with E-state index in [9.17, 15) is 0 Å². The van der Waals surface area contributed by atoms with E-state index in [-0.39, 0.29) is 5.41 Å². The van der Waals surface area contributed by atoms with Crippen LogP contribution in [-0.2, 0) is 5.41 Å². The first kappa shape index (κ1) is 14.8. The van der Waals surface area contributed by atoms with E-state index in [1.165, 1.54) is 21.6 Å². The van der Waals surface area contributed by atoms with Crippen molar-refractivity contribution in [3.05, 3.63) is 89.6 Å². The number of rotatable bonds is 2. The van der Waals surface area contributed by atoms with Gasteiger partial charge in [0, 0.05) is 27.4 Å². The summed E-state index contributed by atoms with van der Waals surface area (Å²) in [5.41, 5.74) is 5.34.